The van der Waals surface area contributed by atoms with E-state index in [2.05, 4.69) is 30.7 Å². The Morgan fingerprint density at radius 2 is 1.81 bits per heavy atom. The SMILES string of the molecule is CN(CCCC(C)(C)[Si](C)(C)O)C1CCN(c2ccc([N+](=O)[O-])cc2)CC1. The molecule has 7 heteroatoms. The van der Waals surface area contributed by atoms with Crippen molar-refractivity contribution in [2.24, 2.45) is 0 Å². The van der Waals surface area contributed by atoms with Crippen molar-refractivity contribution in [3.8, 4) is 0 Å². The predicted octanol–water partition coefficient (Wildman–Crippen LogP) is 4.25. The number of hydrogen-bond donors (Lipinski definition) is 1. The minimum atomic E-state index is -2.12. The van der Waals surface area contributed by atoms with Crippen molar-refractivity contribution >= 4 is 19.7 Å². The van der Waals surface area contributed by atoms with Crippen molar-refractivity contribution in [2.75, 3.05) is 31.6 Å². The van der Waals surface area contributed by atoms with Crippen LogP contribution >= 0.6 is 0 Å². The van der Waals surface area contributed by atoms with E-state index in [1.54, 1.807) is 12.1 Å². The molecule has 0 atom stereocenters. The van der Waals surface area contributed by atoms with Crippen molar-refractivity contribution in [1.82, 2.24) is 4.90 Å². The van der Waals surface area contributed by atoms with Gasteiger partial charge in [0.2, 0.25) is 0 Å². The fourth-order valence-corrected chi connectivity index (χ4v) is 4.40. The summed E-state index contributed by atoms with van der Waals surface area (Å²) in [4.78, 5) is 25.6. The highest BCUT2D eigenvalue weighted by Crippen LogP contribution is 2.39. The van der Waals surface area contributed by atoms with Gasteiger partial charge in [-0.1, -0.05) is 13.8 Å². The number of rotatable bonds is 8. The molecule has 0 spiro atoms. The highest BCUT2D eigenvalue weighted by Gasteiger charge is 2.37. The molecule has 0 aromatic heterocycles. The summed E-state index contributed by atoms with van der Waals surface area (Å²) in [5.74, 6) is 0. The maximum Gasteiger partial charge on any atom is 0.269 e. The van der Waals surface area contributed by atoms with Gasteiger partial charge >= 0.3 is 0 Å². The molecule has 0 amide bonds. The van der Waals surface area contributed by atoms with E-state index in [4.69, 9.17) is 0 Å². The number of benzene rings is 1. The molecule has 27 heavy (non-hydrogen) atoms. The normalized spacial score (nSPS) is 16.8. The zero-order chi connectivity index (χ0) is 20.2. The van der Waals surface area contributed by atoms with Crippen LogP contribution in [-0.4, -0.2) is 55.7 Å². The second-order valence-electron chi connectivity index (χ2n) is 9.02. The van der Waals surface area contributed by atoms with E-state index in [0.717, 1.165) is 51.0 Å². The van der Waals surface area contributed by atoms with Crippen LogP contribution in [0.25, 0.3) is 0 Å². The third-order valence-corrected chi connectivity index (χ3v) is 10.0. The molecule has 1 N–H and O–H groups in total. The summed E-state index contributed by atoms with van der Waals surface area (Å²) in [6, 6.07) is 7.46. The van der Waals surface area contributed by atoms with Crippen LogP contribution in [0, 0.1) is 10.1 Å². The lowest BCUT2D eigenvalue weighted by Crippen LogP contribution is -2.44. The van der Waals surface area contributed by atoms with Gasteiger partial charge < -0.3 is 14.6 Å². The van der Waals surface area contributed by atoms with Crippen molar-refractivity contribution < 1.29 is 9.72 Å². The number of piperidine rings is 1. The zero-order valence-electron chi connectivity index (χ0n) is 17.4. The first kappa shape index (κ1) is 21.9. The summed E-state index contributed by atoms with van der Waals surface area (Å²) in [7, 11) is 0.0875. The van der Waals surface area contributed by atoms with E-state index in [-0.39, 0.29) is 15.6 Å². The number of nitro benzene ring substituents is 1. The lowest BCUT2D eigenvalue weighted by atomic mass is 10.0. The van der Waals surface area contributed by atoms with Gasteiger partial charge in [-0.2, -0.15) is 0 Å². The van der Waals surface area contributed by atoms with Gasteiger partial charge in [-0.3, -0.25) is 10.1 Å². The summed E-state index contributed by atoms with van der Waals surface area (Å²) >= 11 is 0. The molecule has 0 bridgehead atoms. The lowest BCUT2D eigenvalue weighted by Gasteiger charge is -2.39. The molecule has 2 rings (SSSR count). The summed E-state index contributed by atoms with van der Waals surface area (Å²) < 4.78 is 0. The minimum absolute atomic E-state index is 0.0487. The Kier molecular flexibility index (Phi) is 7.05. The number of hydrogen-bond acceptors (Lipinski definition) is 5. The summed E-state index contributed by atoms with van der Waals surface area (Å²) in [6.07, 6.45) is 4.39. The van der Waals surface area contributed by atoms with Crippen LogP contribution in [0.15, 0.2) is 24.3 Å². The van der Waals surface area contributed by atoms with Crippen molar-refractivity contribution in [1.29, 1.82) is 0 Å². The van der Waals surface area contributed by atoms with Crippen LogP contribution in [0.3, 0.4) is 0 Å². The molecule has 0 radical (unpaired) electrons. The van der Waals surface area contributed by atoms with Gasteiger partial charge in [0.1, 0.15) is 0 Å². The molecule has 1 fully saturated rings. The molecule has 1 aliphatic rings. The van der Waals surface area contributed by atoms with Crippen molar-refractivity contribution in [2.45, 2.75) is 63.7 Å². The van der Waals surface area contributed by atoms with Crippen LogP contribution in [0.5, 0.6) is 0 Å². The van der Waals surface area contributed by atoms with Crippen LogP contribution in [-0.2, 0) is 0 Å². The van der Waals surface area contributed by atoms with E-state index in [1.165, 1.54) is 0 Å². The Morgan fingerprint density at radius 3 is 2.30 bits per heavy atom. The van der Waals surface area contributed by atoms with Gasteiger partial charge in [-0.05, 0) is 69.5 Å². The van der Waals surface area contributed by atoms with Crippen LogP contribution in [0.4, 0.5) is 11.4 Å². The fraction of sp³-hybridized carbons (Fsp3) is 0.700. The predicted molar refractivity (Wildman–Crippen MR) is 114 cm³/mol. The lowest BCUT2D eigenvalue weighted by molar-refractivity contribution is -0.384. The van der Waals surface area contributed by atoms with E-state index in [1.807, 2.05) is 25.2 Å². The molecular weight excluding hydrogens is 358 g/mol. The maximum absolute atomic E-state index is 10.8. The molecule has 152 valence electrons. The quantitative estimate of drug-likeness (QED) is 0.406. The minimum Gasteiger partial charge on any atom is -0.432 e. The Bertz CT molecular complexity index is 620. The molecule has 0 aliphatic carbocycles. The molecule has 1 aromatic carbocycles. The number of non-ortho nitro benzene ring substituents is 1. The molecule has 1 heterocycles. The van der Waals surface area contributed by atoms with E-state index >= 15 is 0 Å². The van der Waals surface area contributed by atoms with Gasteiger partial charge in [0.05, 0.1) is 4.92 Å². The van der Waals surface area contributed by atoms with Crippen molar-refractivity contribution in [3.05, 3.63) is 34.4 Å². The number of nitro groups is 1. The van der Waals surface area contributed by atoms with E-state index in [0.29, 0.717) is 6.04 Å². The summed E-state index contributed by atoms with van der Waals surface area (Å²) in [6.45, 7) is 11.5. The number of nitrogens with zero attached hydrogens (tertiary/aromatic N) is 3. The Balaban J connectivity index is 1.78. The Hall–Kier alpha value is -1.44. The van der Waals surface area contributed by atoms with Gasteiger partial charge in [0.15, 0.2) is 8.32 Å². The Labute approximate surface area is 164 Å². The standard InChI is InChI=1S/C20H35N3O3Si/c1-20(2,27(4,5)26)13-6-14-21(3)17-11-15-22(16-12-17)18-7-9-19(10-8-18)23(24)25/h7-10,17,26H,6,11-16H2,1-5H3. The topological polar surface area (TPSA) is 69.8 Å². The monoisotopic (exact) mass is 393 g/mol. The average molecular weight is 394 g/mol. The molecule has 0 saturated carbocycles. The summed E-state index contributed by atoms with van der Waals surface area (Å²) in [5, 5.41) is 10.8. The maximum atomic E-state index is 10.8. The molecular formula is C20H35N3O3Si. The van der Waals surface area contributed by atoms with Crippen LogP contribution in [0.1, 0.15) is 39.5 Å². The zero-order valence-corrected chi connectivity index (χ0v) is 18.4. The third kappa shape index (κ3) is 5.76. The first-order chi connectivity index (χ1) is 12.5. The van der Waals surface area contributed by atoms with Crippen molar-refractivity contribution in [3.63, 3.8) is 0 Å². The van der Waals surface area contributed by atoms with Gasteiger partial charge in [-0.25, -0.2) is 0 Å². The van der Waals surface area contributed by atoms with Crippen LogP contribution in [0.2, 0.25) is 18.1 Å². The highest BCUT2D eigenvalue weighted by atomic mass is 28.4. The highest BCUT2D eigenvalue weighted by molar-refractivity contribution is 6.72. The third-order valence-electron chi connectivity index (χ3n) is 6.48. The molecule has 6 nitrogen and oxygen atoms in total. The van der Waals surface area contributed by atoms with Crippen LogP contribution < -0.4 is 4.90 Å². The molecule has 1 saturated heterocycles. The smallest absolute Gasteiger partial charge is 0.269 e. The molecule has 1 aliphatic heterocycles. The average Bonchev–Trinajstić information content (AvgIpc) is 2.60. The molecule has 0 unspecified atom stereocenters. The largest absolute Gasteiger partial charge is 0.432 e. The van der Waals surface area contributed by atoms with Gasteiger partial charge in [0, 0.05) is 37.0 Å². The first-order valence-electron chi connectivity index (χ1n) is 9.93. The number of anilines is 1. The second kappa shape index (κ2) is 8.71. The van der Waals surface area contributed by atoms with Gasteiger partial charge in [-0.15, -0.1) is 0 Å². The fourth-order valence-electron chi connectivity index (χ4n) is 3.61. The van der Waals surface area contributed by atoms with Gasteiger partial charge in [0.25, 0.3) is 5.69 Å². The first-order valence-corrected chi connectivity index (χ1v) is 12.9. The Morgan fingerprint density at radius 1 is 1.26 bits per heavy atom. The van der Waals surface area contributed by atoms with E-state index in [9.17, 15) is 14.9 Å². The second-order valence-corrected chi connectivity index (χ2v) is 13.5. The van der Waals surface area contributed by atoms with E-state index < -0.39 is 8.32 Å². The summed E-state index contributed by atoms with van der Waals surface area (Å²) in [5.41, 5.74) is 1.21. The molecule has 1 aromatic rings.